The molecule has 0 aromatic heterocycles. The van der Waals surface area contributed by atoms with Crippen LogP contribution in [0, 0.1) is 11.3 Å². The standard InChI is InChI=1S/C11H11NO3S/c1-11(10(7-12)15-11)8-3-5-9(6-4-8)16(2,13)14/h3-6,10H,1-2H3. The molecule has 0 spiro atoms. The van der Waals surface area contributed by atoms with E-state index < -0.39 is 21.5 Å². The third-order valence-electron chi connectivity index (χ3n) is 2.78. The average Bonchev–Trinajstić information content (AvgIpc) is 2.90. The van der Waals surface area contributed by atoms with E-state index >= 15 is 0 Å². The molecule has 84 valence electrons. The van der Waals surface area contributed by atoms with Gasteiger partial charge in [0.2, 0.25) is 0 Å². The lowest BCUT2D eigenvalue weighted by molar-refractivity contribution is 0.321. The monoisotopic (exact) mass is 237 g/mol. The Morgan fingerprint density at radius 1 is 1.38 bits per heavy atom. The fraction of sp³-hybridized carbons (Fsp3) is 0.364. The summed E-state index contributed by atoms with van der Waals surface area (Å²) in [5.74, 6) is 0. The van der Waals surface area contributed by atoms with Gasteiger partial charge in [-0.05, 0) is 24.6 Å². The molecule has 2 unspecified atom stereocenters. The summed E-state index contributed by atoms with van der Waals surface area (Å²) in [6, 6.07) is 8.48. The van der Waals surface area contributed by atoms with E-state index in [1.165, 1.54) is 12.1 Å². The summed E-state index contributed by atoms with van der Waals surface area (Å²) in [5.41, 5.74) is 0.247. The van der Waals surface area contributed by atoms with Gasteiger partial charge in [0, 0.05) is 6.26 Å². The first-order valence-corrected chi connectivity index (χ1v) is 6.65. The maximum atomic E-state index is 11.2. The van der Waals surface area contributed by atoms with Crippen molar-refractivity contribution < 1.29 is 13.2 Å². The van der Waals surface area contributed by atoms with Gasteiger partial charge in [0.05, 0.1) is 11.0 Å². The van der Waals surface area contributed by atoms with Crippen LogP contribution in [-0.4, -0.2) is 20.8 Å². The molecule has 4 nitrogen and oxygen atoms in total. The summed E-state index contributed by atoms with van der Waals surface area (Å²) in [5, 5.41) is 8.72. The number of epoxide rings is 1. The summed E-state index contributed by atoms with van der Waals surface area (Å²) in [6.07, 6.45) is 0.728. The Labute approximate surface area is 94.4 Å². The van der Waals surface area contributed by atoms with Crippen molar-refractivity contribution in [2.75, 3.05) is 6.26 Å². The number of ether oxygens (including phenoxy) is 1. The van der Waals surface area contributed by atoms with Crippen LogP contribution in [0.3, 0.4) is 0 Å². The fourth-order valence-corrected chi connectivity index (χ4v) is 2.24. The first kappa shape index (κ1) is 11.1. The zero-order valence-corrected chi connectivity index (χ0v) is 9.78. The Balaban J connectivity index is 2.32. The lowest BCUT2D eigenvalue weighted by Gasteiger charge is -2.06. The zero-order valence-electron chi connectivity index (χ0n) is 8.97. The molecule has 2 rings (SSSR count). The van der Waals surface area contributed by atoms with E-state index in [4.69, 9.17) is 10.00 Å². The molecule has 1 aliphatic rings. The molecule has 0 saturated carbocycles. The van der Waals surface area contributed by atoms with E-state index in [9.17, 15) is 8.42 Å². The van der Waals surface area contributed by atoms with Crippen molar-refractivity contribution in [1.29, 1.82) is 5.26 Å². The minimum absolute atomic E-state index is 0.272. The molecule has 0 aliphatic carbocycles. The number of benzene rings is 1. The highest BCUT2D eigenvalue weighted by Crippen LogP contribution is 2.45. The van der Waals surface area contributed by atoms with Crippen molar-refractivity contribution in [3.8, 4) is 6.07 Å². The molecule has 1 aliphatic heterocycles. The second-order valence-electron chi connectivity index (χ2n) is 4.03. The van der Waals surface area contributed by atoms with E-state index in [1.807, 2.05) is 13.0 Å². The highest BCUT2D eigenvalue weighted by Gasteiger charge is 2.54. The molecule has 1 aromatic carbocycles. The van der Waals surface area contributed by atoms with E-state index in [1.54, 1.807) is 12.1 Å². The molecule has 5 heteroatoms. The summed E-state index contributed by atoms with van der Waals surface area (Å²) in [7, 11) is -3.17. The van der Waals surface area contributed by atoms with Gasteiger partial charge in [0.25, 0.3) is 0 Å². The topological polar surface area (TPSA) is 70.5 Å². The van der Waals surface area contributed by atoms with E-state index in [0.29, 0.717) is 0 Å². The third kappa shape index (κ3) is 1.70. The maximum absolute atomic E-state index is 11.2. The predicted molar refractivity (Wildman–Crippen MR) is 57.4 cm³/mol. The van der Waals surface area contributed by atoms with Crippen molar-refractivity contribution in [3.63, 3.8) is 0 Å². The quantitative estimate of drug-likeness (QED) is 0.725. The summed E-state index contributed by atoms with van der Waals surface area (Å²) >= 11 is 0. The van der Waals surface area contributed by atoms with Crippen LogP contribution in [0.2, 0.25) is 0 Å². The van der Waals surface area contributed by atoms with Crippen molar-refractivity contribution >= 4 is 9.84 Å². The van der Waals surface area contributed by atoms with Crippen LogP contribution in [-0.2, 0) is 20.2 Å². The lowest BCUT2D eigenvalue weighted by atomic mass is 9.98. The second kappa shape index (κ2) is 3.30. The van der Waals surface area contributed by atoms with Crippen LogP contribution in [0.15, 0.2) is 29.2 Å². The second-order valence-corrected chi connectivity index (χ2v) is 6.05. The summed E-state index contributed by atoms with van der Waals surface area (Å²) in [6.45, 7) is 1.82. The molecule has 1 aromatic rings. The predicted octanol–water partition coefficient (Wildman–Crippen LogP) is 1.23. The molecule has 0 bridgehead atoms. The van der Waals surface area contributed by atoms with E-state index in [-0.39, 0.29) is 4.90 Å². The molecular weight excluding hydrogens is 226 g/mol. The molecule has 16 heavy (non-hydrogen) atoms. The van der Waals surface area contributed by atoms with Crippen LogP contribution in [0.1, 0.15) is 12.5 Å². The van der Waals surface area contributed by atoms with Crippen LogP contribution in [0.25, 0.3) is 0 Å². The Hall–Kier alpha value is -1.38. The first-order chi connectivity index (χ1) is 7.38. The van der Waals surface area contributed by atoms with Crippen LogP contribution in [0.4, 0.5) is 0 Å². The minimum atomic E-state index is -3.17. The van der Waals surface area contributed by atoms with Gasteiger partial charge in [-0.3, -0.25) is 0 Å². The van der Waals surface area contributed by atoms with Crippen LogP contribution in [0.5, 0.6) is 0 Å². The number of rotatable bonds is 2. The van der Waals surface area contributed by atoms with Crippen molar-refractivity contribution in [1.82, 2.24) is 0 Å². The molecule has 0 N–H and O–H groups in total. The average molecular weight is 237 g/mol. The zero-order chi connectivity index (χ0) is 12.0. The van der Waals surface area contributed by atoms with Gasteiger partial charge in [-0.15, -0.1) is 0 Å². The molecule has 1 heterocycles. The molecular formula is C11H11NO3S. The molecule has 1 saturated heterocycles. The first-order valence-electron chi connectivity index (χ1n) is 4.76. The van der Waals surface area contributed by atoms with Crippen molar-refractivity contribution in [3.05, 3.63) is 29.8 Å². The Kier molecular flexibility index (Phi) is 2.30. The van der Waals surface area contributed by atoms with Crippen LogP contribution >= 0.6 is 0 Å². The number of hydrogen-bond acceptors (Lipinski definition) is 4. The highest BCUT2D eigenvalue weighted by atomic mass is 32.2. The molecule has 0 amide bonds. The lowest BCUT2D eigenvalue weighted by Crippen LogP contribution is -2.07. The maximum Gasteiger partial charge on any atom is 0.178 e. The number of hydrogen-bond donors (Lipinski definition) is 0. The van der Waals surface area contributed by atoms with Gasteiger partial charge in [0.15, 0.2) is 15.9 Å². The third-order valence-corrected chi connectivity index (χ3v) is 3.91. The number of nitriles is 1. The molecule has 0 radical (unpaired) electrons. The van der Waals surface area contributed by atoms with Crippen LogP contribution < -0.4 is 0 Å². The number of sulfone groups is 1. The van der Waals surface area contributed by atoms with Gasteiger partial charge in [-0.1, -0.05) is 12.1 Å². The SMILES string of the molecule is CC1(c2ccc(S(C)(=O)=O)cc2)OC1C#N. The van der Waals surface area contributed by atoms with Gasteiger partial charge in [0.1, 0.15) is 5.60 Å². The Bertz CT molecular complexity index is 556. The van der Waals surface area contributed by atoms with Crippen molar-refractivity contribution in [2.45, 2.75) is 23.5 Å². The molecule has 2 atom stereocenters. The number of nitrogens with zero attached hydrogens (tertiary/aromatic N) is 1. The van der Waals surface area contributed by atoms with Gasteiger partial charge in [-0.25, -0.2) is 8.42 Å². The van der Waals surface area contributed by atoms with Gasteiger partial charge in [-0.2, -0.15) is 5.26 Å². The van der Waals surface area contributed by atoms with E-state index in [2.05, 4.69) is 0 Å². The fourth-order valence-electron chi connectivity index (χ4n) is 1.61. The smallest absolute Gasteiger partial charge is 0.178 e. The van der Waals surface area contributed by atoms with E-state index in [0.717, 1.165) is 11.8 Å². The summed E-state index contributed by atoms with van der Waals surface area (Å²) < 4.78 is 27.7. The van der Waals surface area contributed by atoms with Crippen molar-refractivity contribution in [2.24, 2.45) is 0 Å². The Morgan fingerprint density at radius 3 is 2.31 bits per heavy atom. The largest absolute Gasteiger partial charge is 0.345 e. The highest BCUT2D eigenvalue weighted by molar-refractivity contribution is 7.90. The van der Waals surface area contributed by atoms with Gasteiger partial charge < -0.3 is 4.74 Å². The Morgan fingerprint density at radius 2 is 1.94 bits per heavy atom. The van der Waals surface area contributed by atoms with Gasteiger partial charge >= 0.3 is 0 Å². The minimum Gasteiger partial charge on any atom is -0.345 e. The normalized spacial score (nSPS) is 28.4. The summed E-state index contributed by atoms with van der Waals surface area (Å²) in [4.78, 5) is 0.272. The molecule has 1 fully saturated rings.